The minimum Gasteiger partial charge on any atom is -0.494 e. The minimum absolute atomic E-state index is 0.433. The summed E-state index contributed by atoms with van der Waals surface area (Å²) in [6.45, 7) is 1.31. The van der Waals surface area contributed by atoms with Crippen molar-refractivity contribution < 1.29 is 4.74 Å². The summed E-state index contributed by atoms with van der Waals surface area (Å²) in [5, 5.41) is 8.79. The first kappa shape index (κ1) is 12.0. The topological polar surface area (TPSA) is 76.9 Å². The molecule has 0 saturated carbocycles. The second-order valence-electron chi connectivity index (χ2n) is 3.83. The quantitative estimate of drug-likeness (QED) is 0.640. The molecule has 0 unspecified atom stereocenters. The van der Waals surface area contributed by atoms with Crippen LogP contribution in [0.3, 0.4) is 0 Å². The lowest BCUT2D eigenvalue weighted by molar-refractivity contribution is 0.301. The first-order valence-electron chi connectivity index (χ1n) is 5.69. The molecular weight excluding hydrogens is 228 g/mol. The highest BCUT2D eigenvalue weighted by atomic mass is 16.5. The first-order valence-corrected chi connectivity index (χ1v) is 5.69. The lowest BCUT2D eigenvalue weighted by atomic mass is 10.3. The predicted octanol–water partition coefficient (Wildman–Crippen LogP) is 1.81. The number of nitrogen functional groups attached to an aromatic ring is 1. The molecule has 92 valence electrons. The molecule has 18 heavy (non-hydrogen) atoms. The van der Waals surface area contributed by atoms with Gasteiger partial charge in [-0.25, -0.2) is 4.98 Å². The van der Waals surface area contributed by atoms with Crippen LogP contribution >= 0.6 is 0 Å². The van der Waals surface area contributed by atoms with Crippen LogP contribution in [0, 0.1) is 11.3 Å². The fourth-order valence-electron chi connectivity index (χ4n) is 1.59. The van der Waals surface area contributed by atoms with Crippen molar-refractivity contribution in [2.75, 3.05) is 12.3 Å². The lowest BCUT2D eigenvalue weighted by Crippen LogP contribution is -2.05. The molecule has 2 aromatic rings. The van der Waals surface area contributed by atoms with Crippen LogP contribution in [0.1, 0.15) is 12.2 Å². The Balaban J connectivity index is 1.77. The largest absolute Gasteiger partial charge is 0.494 e. The average molecular weight is 242 g/mol. The molecular formula is C13H14N4O. The van der Waals surface area contributed by atoms with Crippen LogP contribution in [-0.4, -0.2) is 16.2 Å². The molecule has 0 aliphatic heterocycles. The van der Waals surface area contributed by atoms with Crippen molar-refractivity contribution in [3.8, 4) is 11.8 Å². The van der Waals surface area contributed by atoms with E-state index in [4.69, 9.17) is 15.7 Å². The Labute approximate surface area is 105 Å². The van der Waals surface area contributed by atoms with Crippen molar-refractivity contribution in [1.82, 2.24) is 9.55 Å². The summed E-state index contributed by atoms with van der Waals surface area (Å²) in [6, 6.07) is 9.33. The van der Waals surface area contributed by atoms with Gasteiger partial charge in [-0.1, -0.05) is 0 Å². The van der Waals surface area contributed by atoms with Crippen LogP contribution in [0.25, 0.3) is 0 Å². The van der Waals surface area contributed by atoms with Crippen LogP contribution in [0.15, 0.2) is 36.7 Å². The number of benzene rings is 1. The standard InChI is InChI=1S/C13H14N4O/c14-10-13-16-6-8-17(13)7-1-9-18-12-4-2-11(15)3-5-12/h2-6,8H,1,7,9,15H2. The summed E-state index contributed by atoms with van der Waals surface area (Å²) in [7, 11) is 0. The summed E-state index contributed by atoms with van der Waals surface area (Å²) in [6.07, 6.45) is 4.23. The fourth-order valence-corrected chi connectivity index (χ4v) is 1.59. The first-order chi connectivity index (χ1) is 8.79. The van der Waals surface area contributed by atoms with Gasteiger partial charge in [-0.05, 0) is 30.7 Å². The number of nitrogens with two attached hydrogens (primary N) is 1. The van der Waals surface area contributed by atoms with E-state index in [1.54, 1.807) is 24.5 Å². The molecule has 0 spiro atoms. The van der Waals surface area contributed by atoms with Gasteiger partial charge in [0.2, 0.25) is 5.82 Å². The van der Waals surface area contributed by atoms with Gasteiger partial charge in [-0.15, -0.1) is 0 Å². The maximum absolute atomic E-state index is 8.79. The minimum atomic E-state index is 0.433. The number of aryl methyl sites for hydroxylation is 1. The maximum atomic E-state index is 8.79. The normalized spacial score (nSPS) is 9.94. The molecule has 5 heteroatoms. The average Bonchev–Trinajstić information content (AvgIpc) is 2.84. The Kier molecular flexibility index (Phi) is 3.82. The SMILES string of the molecule is N#Cc1nccn1CCCOc1ccc(N)cc1. The van der Waals surface area contributed by atoms with Crippen molar-refractivity contribution in [2.45, 2.75) is 13.0 Å². The van der Waals surface area contributed by atoms with E-state index in [0.29, 0.717) is 12.4 Å². The molecule has 0 amide bonds. The molecule has 0 aliphatic rings. The molecule has 5 nitrogen and oxygen atoms in total. The zero-order valence-electron chi connectivity index (χ0n) is 9.91. The molecule has 0 bridgehead atoms. The Hall–Kier alpha value is -2.48. The Morgan fingerprint density at radius 3 is 2.83 bits per heavy atom. The van der Waals surface area contributed by atoms with Gasteiger partial charge in [-0.3, -0.25) is 0 Å². The van der Waals surface area contributed by atoms with Crippen LogP contribution in [0.2, 0.25) is 0 Å². The van der Waals surface area contributed by atoms with E-state index in [1.165, 1.54) is 0 Å². The third-order valence-electron chi connectivity index (χ3n) is 2.51. The second-order valence-corrected chi connectivity index (χ2v) is 3.83. The summed E-state index contributed by atoms with van der Waals surface area (Å²) in [5.74, 6) is 1.23. The van der Waals surface area contributed by atoms with Crippen molar-refractivity contribution >= 4 is 5.69 Å². The molecule has 2 N–H and O–H groups in total. The third kappa shape index (κ3) is 3.01. The highest BCUT2D eigenvalue weighted by Crippen LogP contribution is 2.13. The lowest BCUT2D eigenvalue weighted by Gasteiger charge is -2.07. The highest BCUT2D eigenvalue weighted by Gasteiger charge is 2.00. The van der Waals surface area contributed by atoms with Crippen molar-refractivity contribution in [1.29, 1.82) is 5.26 Å². The Morgan fingerprint density at radius 2 is 2.11 bits per heavy atom. The second kappa shape index (κ2) is 5.73. The van der Waals surface area contributed by atoms with Gasteiger partial charge >= 0.3 is 0 Å². The van der Waals surface area contributed by atoms with Gasteiger partial charge in [-0.2, -0.15) is 5.26 Å². The van der Waals surface area contributed by atoms with E-state index in [1.807, 2.05) is 22.8 Å². The van der Waals surface area contributed by atoms with E-state index in [-0.39, 0.29) is 0 Å². The molecule has 1 heterocycles. The summed E-state index contributed by atoms with van der Waals surface area (Å²) >= 11 is 0. The summed E-state index contributed by atoms with van der Waals surface area (Å²) < 4.78 is 7.37. The van der Waals surface area contributed by atoms with Gasteiger partial charge in [0.1, 0.15) is 11.8 Å². The van der Waals surface area contributed by atoms with Gasteiger partial charge in [0.05, 0.1) is 6.61 Å². The van der Waals surface area contributed by atoms with Gasteiger partial charge in [0, 0.05) is 24.6 Å². The molecule has 0 atom stereocenters. The van der Waals surface area contributed by atoms with Crippen LogP contribution in [0.4, 0.5) is 5.69 Å². The monoisotopic (exact) mass is 242 g/mol. The number of hydrogen-bond acceptors (Lipinski definition) is 4. The number of nitriles is 1. The van der Waals surface area contributed by atoms with E-state index in [9.17, 15) is 0 Å². The van der Waals surface area contributed by atoms with Gasteiger partial charge in [0.25, 0.3) is 0 Å². The van der Waals surface area contributed by atoms with E-state index in [2.05, 4.69) is 4.98 Å². The number of nitrogens with zero attached hydrogens (tertiary/aromatic N) is 3. The van der Waals surface area contributed by atoms with Gasteiger partial charge < -0.3 is 15.0 Å². The Bertz CT molecular complexity index is 539. The van der Waals surface area contributed by atoms with Gasteiger partial charge in [0.15, 0.2) is 0 Å². The number of anilines is 1. The van der Waals surface area contributed by atoms with E-state index < -0.39 is 0 Å². The fraction of sp³-hybridized carbons (Fsp3) is 0.231. The number of rotatable bonds is 5. The molecule has 0 saturated heterocycles. The van der Waals surface area contributed by atoms with Crippen molar-refractivity contribution in [3.05, 3.63) is 42.5 Å². The Morgan fingerprint density at radius 1 is 1.33 bits per heavy atom. The van der Waals surface area contributed by atoms with Crippen molar-refractivity contribution in [2.24, 2.45) is 0 Å². The zero-order chi connectivity index (χ0) is 12.8. The molecule has 0 fully saturated rings. The smallest absolute Gasteiger partial charge is 0.212 e. The maximum Gasteiger partial charge on any atom is 0.212 e. The molecule has 0 aliphatic carbocycles. The summed E-state index contributed by atoms with van der Waals surface area (Å²) in [5.41, 5.74) is 6.30. The predicted molar refractivity (Wildman–Crippen MR) is 67.9 cm³/mol. The number of ether oxygens (including phenoxy) is 1. The number of hydrogen-bond donors (Lipinski definition) is 1. The zero-order valence-corrected chi connectivity index (χ0v) is 9.91. The summed E-state index contributed by atoms with van der Waals surface area (Å²) in [4.78, 5) is 3.93. The van der Waals surface area contributed by atoms with Crippen LogP contribution < -0.4 is 10.5 Å². The molecule has 1 aromatic carbocycles. The van der Waals surface area contributed by atoms with Crippen molar-refractivity contribution in [3.63, 3.8) is 0 Å². The molecule has 2 rings (SSSR count). The third-order valence-corrected chi connectivity index (χ3v) is 2.51. The molecule has 0 radical (unpaired) electrons. The van der Waals surface area contributed by atoms with E-state index >= 15 is 0 Å². The van der Waals surface area contributed by atoms with Crippen LogP contribution in [-0.2, 0) is 6.54 Å². The van der Waals surface area contributed by atoms with E-state index in [0.717, 1.165) is 24.4 Å². The van der Waals surface area contributed by atoms with Crippen LogP contribution in [0.5, 0.6) is 5.75 Å². The number of aromatic nitrogens is 2. The molecule has 1 aromatic heterocycles. The highest BCUT2D eigenvalue weighted by molar-refractivity contribution is 5.41. The number of imidazole rings is 1.